The second-order valence-corrected chi connectivity index (χ2v) is 8.71. The fourth-order valence-electron chi connectivity index (χ4n) is 3.59. The number of ether oxygens (including phenoxy) is 2. The van der Waals surface area contributed by atoms with Gasteiger partial charge in [-0.1, -0.05) is 6.07 Å². The molecule has 2 heterocycles. The maximum absolute atomic E-state index is 14.6. The van der Waals surface area contributed by atoms with Gasteiger partial charge in [0.1, 0.15) is 12.4 Å². The number of nitrogens with one attached hydrogen (secondary N) is 2. The summed E-state index contributed by atoms with van der Waals surface area (Å²) in [5, 5.41) is 15.0. The van der Waals surface area contributed by atoms with E-state index in [9.17, 15) is 4.39 Å². The van der Waals surface area contributed by atoms with Crippen molar-refractivity contribution in [1.82, 2.24) is 25.4 Å². The standard InChI is InChI=1S/C23H33FN6O2.HI/c1-15(18-8-9-21(20(24)11-18)32-14-17-6-7-17)27-23(25-12-19-5-4-10-31-19)26-13-22-29-28-16(2)30(22)3;/h8-9,11,15,17,19H,4-7,10,12-14H2,1-3H3,(H2,25,26,27);1H. The Balaban J connectivity index is 0.00000306. The third-order valence-corrected chi connectivity index (χ3v) is 6.06. The van der Waals surface area contributed by atoms with Crippen LogP contribution >= 0.6 is 24.0 Å². The van der Waals surface area contributed by atoms with Crippen LogP contribution in [0.2, 0.25) is 0 Å². The zero-order valence-corrected chi connectivity index (χ0v) is 21.8. The van der Waals surface area contributed by atoms with E-state index in [1.54, 1.807) is 6.07 Å². The second-order valence-electron chi connectivity index (χ2n) is 8.71. The van der Waals surface area contributed by atoms with Gasteiger partial charge in [-0.25, -0.2) is 9.38 Å². The van der Waals surface area contributed by atoms with Crippen molar-refractivity contribution in [3.8, 4) is 5.75 Å². The highest BCUT2D eigenvalue weighted by Crippen LogP contribution is 2.30. The van der Waals surface area contributed by atoms with Gasteiger partial charge in [-0.2, -0.15) is 0 Å². The monoisotopic (exact) mass is 572 g/mol. The van der Waals surface area contributed by atoms with E-state index in [0.29, 0.717) is 37.3 Å². The van der Waals surface area contributed by atoms with Gasteiger partial charge in [0, 0.05) is 20.2 Å². The smallest absolute Gasteiger partial charge is 0.192 e. The third-order valence-electron chi connectivity index (χ3n) is 6.06. The van der Waals surface area contributed by atoms with Crippen molar-refractivity contribution < 1.29 is 13.9 Å². The average molecular weight is 572 g/mol. The molecule has 2 atom stereocenters. The lowest BCUT2D eigenvalue weighted by Crippen LogP contribution is -2.42. The maximum atomic E-state index is 14.6. The summed E-state index contributed by atoms with van der Waals surface area (Å²) in [5.74, 6) is 2.80. The third kappa shape index (κ3) is 7.26. The zero-order chi connectivity index (χ0) is 22.5. The van der Waals surface area contributed by atoms with Crippen LogP contribution in [0.25, 0.3) is 0 Å². The number of benzene rings is 1. The largest absolute Gasteiger partial charge is 0.490 e. The van der Waals surface area contributed by atoms with Crippen molar-refractivity contribution in [1.29, 1.82) is 0 Å². The summed E-state index contributed by atoms with van der Waals surface area (Å²) in [4.78, 5) is 4.69. The molecule has 0 spiro atoms. The summed E-state index contributed by atoms with van der Waals surface area (Å²) in [5.41, 5.74) is 0.822. The van der Waals surface area contributed by atoms with Crippen molar-refractivity contribution in [2.75, 3.05) is 19.8 Å². The van der Waals surface area contributed by atoms with Crippen LogP contribution < -0.4 is 15.4 Å². The summed E-state index contributed by atoms with van der Waals surface area (Å²) in [6.07, 6.45) is 4.64. The van der Waals surface area contributed by atoms with Crippen LogP contribution in [-0.4, -0.2) is 46.6 Å². The van der Waals surface area contributed by atoms with Crippen molar-refractivity contribution in [2.24, 2.45) is 18.0 Å². The first-order valence-electron chi connectivity index (χ1n) is 11.4. The molecule has 33 heavy (non-hydrogen) atoms. The lowest BCUT2D eigenvalue weighted by atomic mass is 10.1. The highest BCUT2D eigenvalue weighted by Gasteiger charge is 2.23. The molecule has 0 radical (unpaired) electrons. The molecule has 1 aliphatic carbocycles. The quantitative estimate of drug-likeness (QED) is 0.271. The highest BCUT2D eigenvalue weighted by molar-refractivity contribution is 14.0. The van der Waals surface area contributed by atoms with Crippen LogP contribution in [-0.2, 0) is 18.3 Å². The Bertz CT molecular complexity index is 943. The average Bonchev–Trinajstić information content (AvgIpc) is 3.36. The van der Waals surface area contributed by atoms with Gasteiger partial charge in [0.05, 0.1) is 18.8 Å². The SMILES string of the molecule is Cc1nnc(CN=C(NCC2CCCO2)NC(C)c2ccc(OCC3CC3)c(F)c2)n1C.I. The fraction of sp³-hybridized carbons (Fsp3) is 0.609. The molecule has 1 saturated carbocycles. The minimum Gasteiger partial charge on any atom is -0.490 e. The molecule has 0 bridgehead atoms. The second kappa shape index (κ2) is 12.0. The topological polar surface area (TPSA) is 85.6 Å². The predicted octanol–water partition coefficient (Wildman–Crippen LogP) is 3.64. The Morgan fingerprint density at radius 2 is 2.15 bits per heavy atom. The van der Waals surface area contributed by atoms with Gasteiger partial charge < -0.3 is 24.7 Å². The Hall–Kier alpha value is -1.95. The molecule has 1 aromatic heterocycles. The van der Waals surface area contributed by atoms with E-state index < -0.39 is 0 Å². The molecular weight excluding hydrogens is 538 g/mol. The summed E-state index contributed by atoms with van der Waals surface area (Å²) in [6, 6.07) is 4.99. The molecular formula is C23H34FIN6O2. The molecule has 8 nitrogen and oxygen atoms in total. The molecule has 182 valence electrons. The predicted molar refractivity (Wildman–Crippen MR) is 135 cm³/mol. The number of aryl methyl sites for hydroxylation is 1. The van der Waals surface area contributed by atoms with Gasteiger partial charge in [-0.3, -0.25) is 0 Å². The van der Waals surface area contributed by atoms with Crippen molar-refractivity contribution in [3.05, 3.63) is 41.2 Å². The first kappa shape index (κ1) is 25.7. The van der Waals surface area contributed by atoms with E-state index >= 15 is 0 Å². The van der Waals surface area contributed by atoms with E-state index in [-0.39, 0.29) is 41.9 Å². The van der Waals surface area contributed by atoms with Crippen LogP contribution in [0.5, 0.6) is 5.75 Å². The first-order valence-corrected chi connectivity index (χ1v) is 11.4. The van der Waals surface area contributed by atoms with Crippen molar-refractivity contribution >= 4 is 29.9 Å². The molecule has 4 rings (SSSR count). The zero-order valence-electron chi connectivity index (χ0n) is 19.5. The molecule has 0 amide bonds. The Labute approximate surface area is 211 Å². The van der Waals surface area contributed by atoms with Crippen molar-refractivity contribution in [2.45, 2.75) is 58.2 Å². The number of aromatic nitrogens is 3. The molecule has 2 N–H and O–H groups in total. The molecule has 2 aliphatic rings. The lowest BCUT2D eigenvalue weighted by molar-refractivity contribution is 0.113. The number of guanidine groups is 1. The molecule has 10 heteroatoms. The summed E-state index contributed by atoms with van der Waals surface area (Å²) >= 11 is 0. The maximum Gasteiger partial charge on any atom is 0.192 e. The van der Waals surface area contributed by atoms with Crippen LogP contribution in [0.3, 0.4) is 0 Å². The molecule has 1 aromatic carbocycles. The van der Waals surface area contributed by atoms with Gasteiger partial charge in [0.2, 0.25) is 0 Å². The summed E-state index contributed by atoms with van der Waals surface area (Å²) in [7, 11) is 1.92. The number of nitrogens with zero attached hydrogens (tertiary/aromatic N) is 4. The normalized spacial score (nSPS) is 19.2. The lowest BCUT2D eigenvalue weighted by Gasteiger charge is -2.20. The molecule has 2 fully saturated rings. The number of aliphatic imine (C=N–C) groups is 1. The highest BCUT2D eigenvalue weighted by atomic mass is 127. The minimum atomic E-state index is -0.336. The summed E-state index contributed by atoms with van der Waals surface area (Å²) in [6.45, 7) is 6.33. The van der Waals surface area contributed by atoms with E-state index in [0.717, 1.165) is 36.7 Å². The van der Waals surface area contributed by atoms with Crippen LogP contribution in [0.4, 0.5) is 4.39 Å². The molecule has 2 aromatic rings. The number of halogens is 2. The number of hydrogen-bond acceptors (Lipinski definition) is 5. The van der Waals surface area contributed by atoms with Crippen molar-refractivity contribution in [3.63, 3.8) is 0 Å². The Kier molecular flexibility index (Phi) is 9.30. The first-order chi connectivity index (χ1) is 15.5. The number of rotatable bonds is 9. The van der Waals surface area contributed by atoms with E-state index in [1.165, 1.54) is 18.9 Å². The Morgan fingerprint density at radius 1 is 1.33 bits per heavy atom. The summed E-state index contributed by atoms with van der Waals surface area (Å²) < 4.78 is 27.8. The van der Waals surface area contributed by atoms with Gasteiger partial charge in [0.25, 0.3) is 0 Å². The number of hydrogen-bond donors (Lipinski definition) is 2. The van der Waals surface area contributed by atoms with Crippen LogP contribution in [0, 0.1) is 18.7 Å². The van der Waals surface area contributed by atoms with Gasteiger partial charge in [-0.05, 0) is 63.1 Å². The van der Waals surface area contributed by atoms with E-state index in [2.05, 4.69) is 25.8 Å². The fourth-order valence-corrected chi connectivity index (χ4v) is 3.59. The molecule has 1 saturated heterocycles. The minimum absolute atomic E-state index is 0. The van der Waals surface area contributed by atoms with Crippen LogP contribution in [0.15, 0.2) is 23.2 Å². The van der Waals surface area contributed by atoms with Gasteiger partial charge in [0.15, 0.2) is 23.4 Å². The molecule has 1 aliphatic heterocycles. The molecule has 2 unspecified atom stereocenters. The Morgan fingerprint density at radius 3 is 2.79 bits per heavy atom. The van der Waals surface area contributed by atoms with E-state index in [1.807, 2.05) is 31.5 Å². The van der Waals surface area contributed by atoms with Gasteiger partial charge in [-0.15, -0.1) is 34.2 Å². The van der Waals surface area contributed by atoms with Crippen LogP contribution in [0.1, 0.15) is 55.9 Å². The van der Waals surface area contributed by atoms with E-state index in [4.69, 9.17) is 9.47 Å². The van der Waals surface area contributed by atoms with Gasteiger partial charge >= 0.3 is 0 Å².